The second kappa shape index (κ2) is 6.84. The second-order valence-electron chi connectivity index (χ2n) is 7.54. The molecule has 8 nitrogen and oxygen atoms in total. The van der Waals surface area contributed by atoms with Crippen LogP contribution < -0.4 is 5.32 Å². The highest BCUT2D eigenvalue weighted by Crippen LogP contribution is 2.40. The van der Waals surface area contributed by atoms with E-state index in [4.69, 9.17) is 14.4 Å². The van der Waals surface area contributed by atoms with Gasteiger partial charge in [-0.15, -0.1) is 21.5 Å². The number of aromatic nitrogens is 6. The van der Waals surface area contributed by atoms with Crippen LogP contribution in [0.15, 0.2) is 23.0 Å². The summed E-state index contributed by atoms with van der Waals surface area (Å²) in [5.74, 6) is 3.18. The molecule has 0 unspecified atom stereocenters. The number of rotatable bonds is 5. The molecule has 0 amide bonds. The van der Waals surface area contributed by atoms with Crippen molar-refractivity contribution in [2.75, 3.05) is 5.32 Å². The first-order chi connectivity index (χ1) is 14.3. The molecule has 0 spiro atoms. The average molecular weight is 405 g/mol. The molecule has 2 aliphatic rings. The van der Waals surface area contributed by atoms with E-state index < -0.39 is 0 Å². The number of anilines is 1. The third-order valence-electron chi connectivity index (χ3n) is 5.42. The molecule has 1 saturated carbocycles. The van der Waals surface area contributed by atoms with Crippen LogP contribution in [0.5, 0.6) is 0 Å². The van der Waals surface area contributed by atoms with Gasteiger partial charge < -0.3 is 9.73 Å². The van der Waals surface area contributed by atoms with Gasteiger partial charge in [-0.05, 0) is 44.1 Å². The molecule has 29 heavy (non-hydrogen) atoms. The maximum absolute atomic E-state index is 5.80. The summed E-state index contributed by atoms with van der Waals surface area (Å²) in [7, 11) is 0. The molecule has 0 aromatic carbocycles. The van der Waals surface area contributed by atoms with Gasteiger partial charge in [0.1, 0.15) is 16.3 Å². The normalized spacial score (nSPS) is 16.1. The van der Waals surface area contributed by atoms with Crippen LogP contribution in [-0.4, -0.2) is 30.1 Å². The van der Waals surface area contributed by atoms with E-state index in [-0.39, 0.29) is 0 Å². The molecule has 0 atom stereocenters. The van der Waals surface area contributed by atoms with Crippen LogP contribution in [0.3, 0.4) is 0 Å². The summed E-state index contributed by atoms with van der Waals surface area (Å²) in [5.41, 5.74) is 2.05. The molecule has 6 rings (SSSR count). The highest BCUT2D eigenvalue weighted by molar-refractivity contribution is 7.19. The fourth-order valence-corrected chi connectivity index (χ4v) is 5.07. The first-order valence-corrected chi connectivity index (χ1v) is 10.8. The minimum atomic E-state index is 0.441. The minimum absolute atomic E-state index is 0.441. The van der Waals surface area contributed by atoms with E-state index in [0.29, 0.717) is 29.9 Å². The third kappa shape index (κ3) is 3.15. The maximum atomic E-state index is 5.80. The van der Waals surface area contributed by atoms with Crippen LogP contribution in [0, 0.1) is 0 Å². The zero-order valence-electron chi connectivity index (χ0n) is 15.8. The van der Waals surface area contributed by atoms with Crippen molar-refractivity contribution in [3.8, 4) is 11.5 Å². The van der Waals surface area contributed by atoms with Crippen molar-refractivity contribution in [1.82, 2.24) is 30.1 Å². The van der Waals surface area contributed by atoms with Crippen LogP contribution in [0.1, 0.15) is 53.8 Å². The van der Waals surface area contributed by atoms with Crippen molar-refractivity contribution in [2.45, 2.75) is 51.0 Å². The Hall–Kier alpha value is -2.94. The molecule has 0 saturated heterocycles. The molecule has 9 heteroatoms. The molecular formula is C20H19N7OS. The predicted octanol–water partition coefficient (Wildman–Crippen LogP) is 3.90. The number of nitrogens with one attached hydrogen (secondary N) is 1. The monoisotopic (exact) mass is 405 g/mol. The van der Waals surface area contributed by atoms with Crippen molar-refractivity contribution in [2.24, 2.45) is 0 Å². The number of hydrogen-bond acceptors (Lipinski definition) is 9. The van der Waals surface area contributed by atoms with Crippen molar-refractivity contribution in [3.05, 3.63) is 40.8 Å². The van der Waals surface area contributed by atoms with Gasteiger partial charge in [0.25, 0.3) is 0 Å². The molecule has 4 heterocycles. The van der Waals surface area contributed by atoms with Crippen molar-refractivity contribution < 1.29 is 4.42 Å². The molecule has 1 N–H and O–H groups in total. The van der Waals surface area contributed by atoms with E-state index >= 15 is 0 Å². The number of hydrogen-bond donors (Lipinski definition) is 1. The van der Waals surface area contributed by atoms with Crippen LogP contribution in [-0.2, 0) is 19.4 Å². The Kier molecular flexibility index (Phi) is 4.00. The quantitative estimate of drug-likeness (QED) is 0.533. The van der Waals surface area contributed by atoms with Gasteiger partial charge >= 0.3 is 0 Å². The Morgan fingerprint density at radius 2 is 2.03 bits per heavy atom. The van der Waals surface area contributed by atoms with Gasteiger partial charge in [-0.2, -0.15) is 0 Å². The molecule has 0 bridgehead atoms. The molecule has 0 aliphatic heterocycles. The molecule has 1 fully saturated rings. The zero-order chi connectivity index (χ0) is 19.2. The number of nitrogens with zero attached hydrogens (tertiary/aromatic N) is 6. The topological polar surface area (TPSA) is 103 Å². The Labute approximate surface area is 170 Å². The molecule has 2 aliphatic carbocycles. The largest absolute Gasteiger partial charge is 0.423 e. The van der Waals surface area contributed by atoms with Crippen LogP contribution >= 0.6 is 11.3 Å². The summed E-state index contributed by atoms with van der Waals surface area (Å²) >= 11 is 1.77. The summed E-state index contributed by atoms with van der Waals surface area (Å²) in [4.78, 5) is 20.6. The molecule has 4 aromatic rings. The van der Waals surface area contributed by atoms with Crippen molar-refractivity contribution >= 4 is 27.4 Å². The Bertz CT molecular complexity index is 1180. The van der Waals surface area contributed by atoms with E-state index in [9.17, 15) is 0 Å². The lowest BCUT2D eigenvalue weighted by molar-refractivity contribution is 0.457. The smallest absolute Gasteiger partial charge is 0.235 e. The van der Waals surface area contributed by atoms with Gasteiger partial charge in [-0.1, -0.05) is 0 Å². The Balaban J connectivity index is 1.40. The van der Waals surface area contributed by atoms with Gasteiger partial charge in [0.2, 0.25) is 11.8 Å². The van der Waals surface area contributed by atoms with Crippen LogP contribution in [0.4, 0.5) is 5.82 Å². The number of aryl methyl sites for hydroxylation is 2. The van der Waals surface area contributed by atoms with Gasteiger partial charge in [-0.3, -0.25) is 4.98 Å². The lowest BCUT2D eigenvalue weighted by Gasteiger charge is -2.12. The first-order valence-electron chi connectivity index (χ1n) is 10.00. The molecule has 4 aromatic heterocycles. The van der Waals surface area contributed by atoms with Gasteiger partial charge in [-0.25, -0.2) is 15.0 Å². The summed E-state index contributed by atoms with van der Waals surface area (Å²) in [6.45, 7) is 0.441. The number of fused-ring (bicyclic) bond motifs is 3. The molecular weight excluding hydrogens is 386 g/mol. The predicted molar refractivity (Wildman–Crippen MR) is 109 cm³/mol. The lowest BCUT2D eigenvalue weighted by Crippen LogP contribution is -2.06. The third-order valence-corrected chi connectivity index (χ3v) is 6.61. The van der Waals surface area contributed by atoms with E-state index in [1.807, 2.05) is 0 Å². The summed E-state index contributed by atoms with van der Waals surface area (Å²) in [6, 6.07) is 0. The van der Waals surface area contributed by atoms with Gasteiger partial charge in [0.15, 0.2) is 5.82 Å². The van der Waals surface area contributed by atoms with Crippen LogP contribution in [0.25, 0.3) is 21.7 Å². The zero-order valence-corrected chi connectivity index (χ0v) is 16.6. The summed E-state index contributed by atoms with van der Waals surface area (Å²) < 4.78 is 5.80. The molecule has 0 radical (unpaired) electrons. The lowest BCUT2D eigenvalue weighted by atomic mass is 9.97. The summed E-state index contributed by atoms with van der Waals surface area (Å²) in [5, 5.41) is 12.9. The van der Waals surface area contributed by atoms with Crippen molar-refractivity contribution in [3.63, 3.8) is 0 Å². The fraction of sp³-hybridized carbons (Fsp3) is 0.400. The highest BCUT2D eigenvalue weighted by atomic mass is 32.1. The first kappa shape index (κ1) is 17.0. The van der Waals surface area contributed by atoms with Gasteiger partial charge in [0, 0.05) is 23.2 Å². The van der Waals surface area contributed by atoms with Crippen molar-refractivity contribution in [1.29, 1.82) is 0 Å². The fourth-order valence-electron chi connectivity index (χ4n) is 3.81. The van der Waals surface area contributed by atoms with Gasteiger partial charge in [0.05, 0.1) is 18.1 Å². The Morgan fingerprint density at radius 3 is 2.90 bits per heavy atom. The summed E-state index contributed by atoms with van der Waals surface area (Å²) in [6.07, 6.45) is 11.9. The second-order valence-corrected chi connectivity index (χ2v) is 8.62. The van der Waals surface area contributed by atoms with E-state index in [1.54, 1.807) is 29.9 Å². The van der Waals surface area contributed by atoms with E-state index in [1.165, 1.54) is 23.3 Å². The van der Waals surface area contributed by atoms with E-state index in [2.05, 4.69) is 25.5 Å². The standard InChI is InChI=1S/C20H19N7OS/c1-2-4-14-12(3-1)16-18(23-10-15-26-27-19(28-15)11-5-6-11)24-17(25-20(16)29-14)13-9-21-7-8-22-13/h7-9,11H,1-6,10H2,(H,23,24,25). The maximum Gasteiger partial charge on any atom is 0.235 e. The molecule has 146 valence electrons. The Morgan fingerprint density at radius 1 is 1.10 bits per heavy atom. The average Bonchev–Trinajstić information content (AvgIpc) is 3.39. The SMILES string of the molecule is c1cnc(-c2nc(NCc3nnc(C4CC4)o3)c3c4c(sc3n2)CCCC4)cn1. The minimum Gasteiger partial charge on any atom is -0.423 e. The highest BCUT2D eigenvalue weighted by Gasteiger charge is 2.29. The van der Waals surface area contributed by atoms with E-state index in [0.717, 1.165) is 47.6 Å². The van der Waals surface area contributed by atoms with Crippen LogP contribution in [0.2, 0.25) is 0 Å². The number of thiophene rings is 1.